The predicted octanol–water partition coefficient (Wildman–Crippen LogP) is 5.65. The third-order valence-electron chi connectivity index (χ3n) is 3.78. The highest BCUT2D eigenvalue weighted by Crippen LogP contribution is 2.16. The average Bonchev–Trinajstić information content (AvgIpc) is 2.82. The van der Waals surface area contributed by atoms with Gasteiger partial charge in [0, 0.05) is 12.4 Å². The van der Waals surface area contributed by atoms with E-state index in [1.165, 1.54) is 70.6 Å². The van der Waals surface area contributed by atoms with Crippen LogP contribution in [0, 0.1) is 0 Å². The molecule has 0 aromatic carbocycles. The zero-order chi connectivity index (χ0) is 13.1. The summed E-state index contributed by atoms with van der Waals surface area (Å²) in [5.41, 5.74) is 3.14. The monoisotopic (exact) mass is 249 g/mol. The van der Waals surface area contributed by atoms with E-state index in [0.29, 0.717) is 0 Å². The molecule has 104 valence electrons. The van der Waals surface area contributed by atoms with Gasteiger partial charge in [-0.25, -0.2) is 0 Å². The molecule has 1 aromatic rings. The van der Waals surface area contributed by atoms with Crippen LogP contribution in [-0.4, -0.2) is 4.98 Å². The first-order valence-electron chi connectivity index (χ1n) is 8.03. The van der Waals surface area contributed by atoms with E-state index in [2.05, 4.69) is 31.2 Å². The Morgan fingerprint density at radius 3 is 1.61 bits per heavy atom. The van der Waals surface area contributed by atoms with Gasteiger partial charge in [-0.1, -0.05) is 58.8 Å². The van der Waals surface area contributed by atoms with Crippen molar-refractivity contribution in [3.8, 4) is 0 Å². The summed E-state index contributed by atoms with van der Waals surface area (Å²) in [5, 5.41) is 0. The van der Waals surface area contributed by atoms with E-state index < -0.39 is 0 Å². The maximum Gasteiger partial charge on any atom is 0.00401 e. The summed E-state index contributed by atoms with van der Waals surface area (Å²) in [6.07, 6.45) is 19.3. The molecule has 0 aliphatic rings. The summed E-state index contributed by atoms with van der Waals surface area (Å²) in [5.74, 6) is 0. The summed E-state index contributed by atoms with van der Waals surface area (Å²) in [6.45, 7) is 4.55. The molecule has 0 unspecified atom stereocenters. The molecule has 18 heavy (non-hydrogen) atoms. The summed E-state index contributed by atoms with van der Waals surface area (Å²) in [4.78, 5) is 3.29. The van der Waals surface area contributed by atoms with Crippen molar-refractivity contribution in [2.24, 2.45) is 0 Å². The van der Waals surface area contributed by atoms with Gasteiger partial charge in [-0.3, -0.25) is 0 Å². The van der Waals surface area contributed by atoms with E-state index in [-0.39, 0.29) is 0 Å². The number of aromatic amines is 1. The van der Waals surface area contributed by atoms with Gasteiger partial charge < -0.3 is 4.98 Å². The molecule has 0 bridgehead atoms. The Morgan fingerprint density at radius 1 is 0.667 bits per heavy atom. The van der Waals surface area contributed by atoms with Crippen LogP contribution in [0.3, 0.4) is 0 Å². The predicted molar refractivity (Wildman–Crippen MR) is 81.1 cm³/mol. The second kappa shape index (κ2) is 10.2. The number of nitrogens with one attached hydrogen (secondary N) is 1. The fourth-order valence-electron chi connectivity index (χ4n) is 2.55. The van der Waals surface area contributed by atoms with E-state index in [9.17, 15) is 0 Å². The topological polar surface area (TPSA) is 15.8 Å². The van der Waals surface area contributed by atoms with Gasteiger partial charge in [0.2, 0.25) is 0 Å². The highest BCUT2D eigenvalue weighted by molar-refractivity contribution is 5.23. The lowest BCUT2D eigenvalue weighted by molar-refractivity contribution is 0.628. The van der Waals surface area contributed by atoms with Crippen LogP contribution in [0.5, 0.6) is 0 Å². The molecule has 1 rings (SSSR count). The number of H-pyrrole nitrogens is 1. The summed E-state index contributed by atoms with van der Waals surface area (Å²) in [6, 6.07) is 0. The second-order valence-electron chi connectivity index (χ2n) is 5.48. The smallest absolute Gasteiger partial charge is 0.00401 e. The van der Waals surface area contributed by atoms with Crippen LogP contribution in [-0.2, 0) is 12.8 Å². The Morgan fingerprint density at radius 2 is 1.11 bits per heavy atom. The third kappa shape index (κ3) is 6.28. The van der Waals surface area contributed by atoms with Crippen LogP contribution < -0.4 is 0 Å². The van der Waals surface area contributed by atoms with Crippen LogP contribution in [0.4, 0.5) is 0 Å². The molecular weight excluding hydrogens is 218 g/mol. The zero-order valence-corrected chi connectivity index (χ0v) is 12.4. The molecule has 0 spiro atoms. The molecule has 1 heteroatoms. The Labute approximate surface area is 113 Å². The fraction of sp³-hybridized carbons (Fsp3) is 0.765. The molecule has 1 heterocycles. The molecule has 0 atom stereocenters. The minimum atomic E-state index is 1.27. The first kappa shape index (κ1) is 15.3. The molecule has 0 saturated carbocycles. The van der Waals surface area contributed by atoms with Crippen molar-refractivity contribution in [3.63, 3.8) is 0 Å². The number of aromatic nitrogens is 1. The van der Waals surface area contributed by atoms with E-state index in [0.717, 1.165) is 0 Å². The van der Waals surface area contributed by atoms with Crippen LogP contribution in [0.2, 0.25) is 0 Å². The number of unbranched alkanes of at least 4 members (excludes halogenated alkanes) is 7. The van der Waals surface area contributed by atoms with Gasteiger partial charge >= 0.3 is 0 Å². The summed E-state index contributed by atoms with van der Waals surface area (Å²) in [7, 11) is 0. The lowest BCUT2D eigenvalue weighted by Gasteiger charge is -2.04. The van der Waals surface area contributed by atoms with Crippen LogP contribution in [0.15, 0.2) is 12.4 Å². The molecule has 0 amide bonds. The Hall–Kier alpha value is -0.720. The fourth-order valence-corrected chi connectivity index (χ4v) is 2.55. The first-order chi connectivity index (χ1) is 8.88. The van der Waals surface area contributed by atoms with Crippen LogP contribution in [0.1, 0.15) is 82.8 Å². The number of hydrogen-bond donors (Lipinski definition) is 1. The van der Waals surface area contributed by atoms with Gasteiger partial charge in [0.1, 0.15) is 0 Å². The molecule has 0 fully saturated rings. The van der Waals surface area contributed by atoms with E-state index in [1.807, 2.05) is 0 Å². The summed E-state index contributed by atoms with van der Waals surface area (Å²) >= 11 is 0. The van der Waals surface area contributed by atoms with E-state index in [1.54, 1.807) is 11.1 Å². The Kier molecular flexibility index (Phi) is 8.71. The molecule has 0 saturated heterocycles. The van der Waals surface area contributed by atoms with Crippen molar-refractivity contribution in [1.82, 2.24) is 4.98 Å². The second-order valence-corrected chi connectivity index (χ2v) is 5.48. The molecular formula is C17H31N. The molecule has 1 aromatic heterocycles. The van der Waals surface area contributed by atoms with Gasteiger partial charge in [-0.05, 0) is 36.8 Å². The Balaban J connectivity index is 2.18. The quantitative estimate of drug-likeness (QED) is 0.488. The van der Waals surface area contributed by atoms with Crippen molar-refractivity contribution in [2.45, 2.75) is 84.5 Å². The maximum absolute atomic E-state index is 3.29. The van der Waals surface area contributed by atoms with Crippen molar-refractivity contribution in [2.75, 3.05) is 0 Å². The van der Waals surface area contributed by atoms with Gasteiger partial charge in [0.05, 0.1) is 0 Å². The van der Waals surface area contributed by atoms with Crippen LogP contribution in [0.25, 0.3) is 0 Å². The molecule has 1 nitrogen and oxygen atoms in total. The average molecular weight is 249 g/mol. The minimum Gasteiger partial charge on any atom is -0.367 e. The normalized spacial score (nSPS) is 11.0. The molecule has 1 N–H and O–H groups in total. The van der Waals surface area contributed by atoms with Gasteiger partial charge in [0.25, 0.3) is 0 Å². The third-order valence-corrected chi connectivity index (χ3v) is 3.78. The Bertz CT molecular complexity index is 288. The molecule has 0 aliphatic heterocycles. The first-order valence-corrected chi connectivity index (χ1v) is 8.03. The largest absolute Gasteiger partial charge is 0.367 e. The maximum atomic E-state index is 3.29. The zero-order valence-electron chi connectivity index (χ0n) is 12.4. The number of hydrogen-bond acceptors (Lipinski definition) is 0. The van der Waals surface area contributed by atoms with Crippen LogP contribution >= 0.6 is 0 Å². The van der Waals surface area contributed by atoms with Gasteiger partial charge in [-0.2, -0.15) is 0 Å². The highest BCUT2D eigenvalue weighted by atomic mass is 14.6. The van der Waals surface area contributed by atoms with Gasteiger partial charge in [0.15, 0.2) is 0 Å². The lowest BCUT2D eigenvalue weighted by Crippen LogP contribution is -1.91. The van der Waals surface area contributed by atoms with Gasteiger partial charge in [-0.15, -0.1) is 0 Å². The van der Waals surface area contributed by atoms with E-state index in [4.69, 9.17) is 0 Å². The van der Waals surface area contributed by atoms with Crippen molar-refractivity contribution < 1.29 is 0 Å². The summed E-state index contributed by atoms with van der Waals surface area (Å²) < 4.78 is 0. The van der Waals surface area contributed by atoms with Crippen molar-refractivity contribution >= 4 is 0 Å². The van der Waals surface area contributed by atoms with Crippen molar-refractivity contribution in [1.29, 1.82) is 0 Å². The number of rotatable bonds is 11. The lowest BCUT2D eigenvalue weighted by atomic mass is 10.0. The molecule has 0 aliphatic carbocycles. The standard InChI is InChI=1S/C17H31N/c1-3-5-7-9-11-13-17-15-18-14-16(17)12-10-8-6-4-2/h14-15,18H,3-13H2,1-2H3. The van der Waals surface area contributed by atoms with Crippen molar-refractivity contribution in [3.05, 3.63) is 23.5 Å². The number of aryl methyl sites for hydroxylation is 2. The SMILES string of the molecule is CCCCCCCc1c[nH]cc1CCCCCC. The van der Waals surface area contributed by atoms with E-state index >= 15 is 0 Å². The highest BCUT2D eigenvalue weighted by Gasteiger charge is 2.03. The molecule has 0 radical (unpaired) electrons. The minimum absolute atomic E-state index is 1.27.